The summed E-state index contributed by atoms with van der Waals surface area (Å²) in [4.78, 5) is 0. The van der Waals surface area contributed by atoms with Crippen LogP contribution in [0.15, 0.2) is 24.3 Å². The zero-order valence-electron chi connectivity index (χ0n) is 17.9. The van der Waals surface area contributed by atoms with Crippen molar-refractivity contribution in [2.24, 2.45) is 17.8 Å². The van der Waals surface area contributed by atoms with Crippen LogP contribution in [0.1, 0.15) is 82.6 Å². The van der Waals surface area contributed by atoms with Gasteiger partial charge in [0.25, 0.3) is 6.17 Å². The van der Waals surface area contributed by atoms with Gasteiger partial charge in [0.15, 0.2) is 0 Å². The van der Waals surface area contributed by atoms with E-state index >= 15 is 0 Å². The Morgan fingerprint density at radius 3 is 1.97 bits per heavy atom. The van der Waals surface area contributed by atoms with E-state index in [0.29, 0.717) is 17.4 Å². The summed E-state index contributed by atoms with van der Waals surface area (Å²) in [5, 5.41) is 0. The number of hydrogen-bond donors (Lipinski definition) is 0. The fraction of sp³-hybridized carbons (Fsp3) is 0.750. The van der Waals surface area contributed by atoms with Gasteiger partial charge in [-0.15, -0.1) is 0 Å². The second-order valence-electron chi connectivity index (χ2n) is 9.29. The second kappa shape index (κ2) is 10.0. The molecule has 7 heteroatoms. The lowest BCUT2D eigenvalue weighted by molar-refractivity contribution is -0.305. The van der Waals surface area contributed by atoms with Crippen molar-refractivity contribution in [3.05, 3.63) is 29.8 Å². The summed E-state index contributed by atoms with van der Waals surface area (Å²) in [6, 6.07) is 5.87. The maximum atomic E-state index is 13.8. The van der Waals surface area contributed by atoms with Crippen molar-refractivity contribution in [2.75, 3.05) is 0 Å². The normalized spacial score (nSPS) is 28.9. The number of rotatable bonds is 7. The minimum atomic E-state index is -5.69. The van der Waals surface area contributed by atoms with Crippen LogP contribution in [-0.2, 0) is 0 Å². The molecule has 1 nitrogen and oxygen atoms in total. The summed E-state index contributed by atoms with van der Waals surface area (Å²) in [6.07, 6.45) is -3.90. The van der Waals surface area contributed by atoms with Gasteiger partial charge in [0.05, 0.1) is 0 Å². The quantitative estimate of drug-likeness (QED) is 0.379. The third-order valence-corrected chi connectivity index (χ3v) is 7.21. The summed E-state index contributed by atoms with van der Waals surface area (Å²) >= 11 is 0. The molecular formula is C24H32F6O. The molecule has 1 aromatic rings. The van der Waals surface area contributed by atoms with Gasteiger partial charge in [-0.05, 0) is 73.8 Å². The monoisotopic (exact) mass is 450 g/mol. The molecule has 0 aliphatic heterocycles. The Bertz CT molecular complexity index is 688. The van der Waals surface area contributed by atoms with E-state index < -0.39 is 18.5 Å². The van der Waals surface area contributed by atoms with Gasteiger partial charge < -0.3 is 4.74 Å². The Balaban J connectivity index is 1.60. The lowest BCUT2D eigenvalue weighted by Gasteiger charge is -2.38. The third kappa shape index (κ3) is 6.10. The molecule has 1 aromatic carbocycles. The summed E-state index contributed by atoms with van der Waals surface area (Å²) in [5.74, 6) is 1.75. The zero-order chi connectivity index (χ0) is 22.6. The molecule has 0 amide bonds. The smallest absolute Gasteiger partial charge is 0.430 e. The molecule has 1 unspecified atom stereocenters. The molecule has 0 spiro atoms. The van der Waals surface area contributed by atoms with Crippen molar-refractivity contribution in [1.29, 1.82) is 0 Å². The fourth-order valence-corrected chi connectivity index (χ4v) is 5.56. The maximum Gasteiger partial charge on any atom is 0.439 e. The van der Waals surface area contributed by atoms with Crippen LogP contribution in [0.5, 0.6) is 5.75 Å². The first-order chi connectivity index (χ1) is 14.6. The number of ether oxygens (including phenoxy) is 1. The fourth-order valence-electron chi connectivity index (χ4n) is 5.56. The van der Waals surface area contributed by atoms with Crippen LogP contribution in [0.4, 0.5) is 26.3 Å². The molecule has 3 rings (SSSR count). The first kappa shape index (κ1) is 24.2. The number of halogens is 6. The standard InChI is InChI=1S/C24H32F6O/c1-2-5-16-8-10-17(11-9-16)18-12-14-19(15-13-18)20-6-3-4-7-21(20)31-24(29,30)22(25)23(26,27)28/h3-4,6-7,16-19,22H,2,5,8-15H2,1H3. The Morgan fingerprint density at radius 2 is 1.42 bits per heavy atom. The van der Waals surface area contributed by atoms with Crippen LogP contribution in [0.25, 0.3) is 0 Å². The van der Waals surface area contributed by atoms with Crippen molar-refractivity contribution in [2.45, 2.75) is 95.5 Å². The van der Waals surface area contributed by atoms with E-state index in [0.717, 1.165) is 31.6 Å². The molecule has 176 valence electrons. The van der Waals surface area contributed by atoms with E-state index in [9.17, 15) is 26.3 Å². The van der Waals surface area contributed by atoms with Crippen LogP contribution in [0.2, 0.25) is 0 Å². The number of hydrogen-bond acceptors (Lipinski definition) is 1. The average molecular weight is 451 g/mol. The molecule has 0 heterocycles. The molecule has 0 bridgehead atoms. The summed E-state index contributed by atoms with van der Waals surface area (Å²) in [7, 11) is 0. The van der Waals surface area contributed by atoms with Crippen LogP contribution >= 0.6 is 0 Å². The van der Waals surface area contributed by atoms with Gasteiger partial charge in [0.2, 0.25) is 0 Å². The van der Waals surface area contributed by atoms with Crippen molar-refractivity contribution in [3.63, 3.8) is 0 Å². The van der Waals surface area contributed by atoms with Gasteiger partial charge in [-0.1, -0.05) is 50.8 Å². The van der Waals surface area contributed by atoms with E-state index in [-0.39, 0.29) is 11.7 Å². The lowest BCUT2D eigenvalue weighted by Crippen LogP contribution is -2.45. The van der Waals surface area contributed by atoms with Crippen molar-refractivity contribution >= 4 is 0 Å². The van der Waals surface area contributed by atoms with Crippen molar-refractivity contribution in [1.82, 2.24) is 0 Å². The Labute approximate surface area is 180 Å². The maximum absolute atomic E-state index is 13.8. The lowest BCUT2D eigenvalue weighted by atomic mass is 9.68. The number of alkyl halides is 6. The molecule has 2 aliphatic rings. The van der Waals surface area contributed by atoms with Crippen LogP contribution < -0.4 is 4.74 Å². The van der Waals surface area contributed by atoms with E-state index in [1.165, 1.54) is 50.7 Å². The van der Waals surface area contributed by atoms with Gasteiger partial charge in [-0.2, -0.15) is 22.0 Å². The SMILES string of the molecule is CCCC1CCC(C2CCC(c3ccccc3OC(F)(F)C(F)C(F)(F)F)CC2)CC1. The van der Waals surface area contributed by atoms with Crippen molar-refractivity contribution in [3.8, 4) is 5.75 Å². The molecule has 0 radical (unpaired) electrons. The average Bonchev–Trinajstić information content (AvgIpc) is 2.74. The zero-order valence-corrected chi connectivity index (χ0v) is 17.9. The van der Waals surface area contributed by atoms with Crippen LogP contribution in [0.3, 0.4) is 0 Å². The first-order valence-corrected chi connectivity index (χ1v) is 11.5. The molecule has 2 aliphatic carbocycles. The highest BCUT2D eigenvalue weighted by molar-refractivity contribution is 5.37. The molecule has 0 N–H and O–H groups in total. The Hall–Kier alpha value is -1.40. The van der Waals surface area contributed by atoms with Gasteiger partial charge in [-0.25, -0.2) is 4.39 Å². The molecule has 1 atom stereocenters. The summed E-state index contributed by atoms with van der Waals surface area (Å²) < 4.78 is 82.6. The molecule has 0 saturated heterocycles. The molecule has 31 heavy (non-hydrogen) atoms. The van der Waals surface area contributed by atoms with E-state index in [4.69, 9.17) is 0 Å². The first-order valence-electron chi connectivity index (χ1n) is 11.5. The highest BCUT2D eigenvalue weighted by Crippen LogP contribution is 2.47. The van der Waals surface area contributed by atoms with Crippen LogP contribution in [-0.4, -0.2) is 18.5 Å². The predicted molar refractivity (Wildman–Crippen MR) is 108 cm³/mol. The molecule has 2 saturated carbocycles. The number of benzene rings is 1. The van der Waals surface area contributed by atoms with Gasteiger partial charge in [-0.3, -0.25) is 0 Å². The minimum Gasteiger partial charge on any atom is -0.430 e. The topological polar surface area (TPSA) is 9.23 Å². The molecule has 0 aromatic heterocycles. The molecular weight excluding hydrogens is 418 g/mol. The van der Waals surface area contributed by atoms with Crippen LogP contribution in [0, 0.1) is 17.8 Å². The van der Waals surface area contributed by atoms with Gasteiger partial charge in [0.1, 0.15) is 5.75 Å². The number of para-hydroxylation sites is 1. The summed E-state index contributed by atoms with van der Waals surface area (Å²) in [5.41, 5.74) is 0.446. The van der Waals surface area contributed by atoms with Crippen molar-refractivity contribution < 1.29 is 31.1 Å². The second-order valence-corrected chi connectivity index (χ2v) is 9.29. The minimum absolute atomic E-state index is 0.0661. The molecule has 2 fully saturated rings. The highest BCUT2D eigenvalue weighted by Gasteiger charge is 2.59. The third-order valence-electron chi connectivity index (χ3n) is 7.21. The Kier molecular flexibility index (Phi) is 7.85. The predicted octanol–water partition coefficient (Wildman–Crippen LogP) is 8.44. The Morgan fingerprint density at radius 1 is 0.871 bits per heavy atom. The van der Waals surface area contributed by atoms with Gasteiger partial charge >= 0.3 is 12.3 Å². The summed E-state index contributed by atoms with van der Waals surface area (Å²) in [6.45, 7) is 2.22. The van der Waals surface area contributed by atoms with E-state index in [1.54, 1.807) is 12.1 Å². The van der Waals surface area contributed by atoms with E-state index in [1.807, 2.05) is 0 Å². The highest BCUT2D eigenvalue weighted by atomic mass is 19.4. The largest absolute Gasteiger partial charge is 0.439 e. The van der Waals surface area contributed by atoms with Gasteiger partial charge in [0, 0.05) is 0 Å². The van der Waals surface area contributed by atoms with E-state index in [2.05, 4.69) is 11.7 Å².